The molecule has 0 aliphatic heterocycles. The minimum atomic E-state index is -1.05. The molecule has 1 heterocycles. The van der Waals surface area contributed by atoms with Crippen molar-refractivity contribution in [1.82, 2.24) is 14.5 Å². The van der Waals surface area contributed by atoms with E-state index in [0.717, 1.165) is 10.1 Å². The molecule has 0 fully saturated rings. The molecule has 1 unspecified atom stereocenters. The van der Waals surface area contributed by atoms with Gasteiger partial charge in [-0.1, -0.05) is 54.6 Å². The Morgan fingerprint density at radius 2 is 1.56 bits per heavy atom. The fourth-order valence-electron chi connectivity index (χ4n) is 3.75. The summed E-state index contributed by atoms with van der Waals surface area (Å²) in [5.41, 5.74) is 0.950. The molecular weight excluding hydrogens is 409 g/mol. The molecule has 6 nitrogen and oxygen atoms in total. The topological polar surface area (TPSA) is 73.1 Å². The largest absolute Gasteiger partial charge is 0.350 e. The summed E-state index contributed by atoms with van der Waals surface area (Å²) >= 11 is 0. The molecule has 0 aliphatic carbocycles. The van der Waals surface area contributed by atoms with Gasteiger partial charge in [0.1, 0.15) is 11.9 Å². The zero-order valence-electron chi connectivity index (χ0n) is 17.5. The number of halogens is 1. The van der Waals surface area contributed by atoms with Crippen LogP contribution in [-0.4, -0.2) is 15.0 Å². The number of carbonyl (C=O) groups is 1. The molecule has 1 N–H and O–H groups in total. The summed E-state index contributed by atoms with van der Waals surface area (Å²) in [6, 6.07) is 20.8. The lowest BCUT2D eigenvalue weighted by molar-refractivity contribution is -0.124. The van der Waals surface area contributed by atoms with E-state index < -0.39 is 23.2 Å². The first-order valence-electron chi connectivity index (χ1n) is 10.2. The summed E-state index contributed by atoms with van der Waals surface area (Å²) < 4.78 is 15.6. The third-order valence-corrected chi connectivity index (χ3v) is 5.47. The van der Waals surface area contributed by atoms with E-state index in [0.29, 0.717) is 16.5 Å². The highest BCUT2D eigenvalue weighted by Gasteiger charge is 2.26. The number of para-hydroxylation sites is 1. The van der Waals surface area contributed by atoms with Gasteiger partial charge < -0.3 is 5.32 Å². The summed E-state index contributed by atoms with van der Waals surface area (Å²) in [5.74, 6) is -0.832. The number of nitrogens with zero attached hydrogens (tertiary/aromatic N) is 2. The van der Waals surface area contributed by atoms with E-state index in [1.54, 1.807) is 43.4 Å². The molecule has 0 radical (unpaired) electrons. The Morgan fingerprint density at radius 3 is 2.28 bits per heavy atom. The van der Waals surface area contributed by atoms with Gasteiger partial charge in [-0.15, -0.1) is 0 Å². The Morgan fingerprint density at radius 1 is 0.906 bits per heavy atom. The number of fused-ring (bicyclic) bond motifs is 1. The molecule has 0 saturated carbocycles. The molecule has 0 bridgehead atoms. The Hall–Kier alpha value is -4.00. The predicted octanol–water partition coefficient (Wildman–Crippen LogP) is 2.94. The lowest BCUT2D eigenvalue weighted by Crippen LogP contribution is -2.47. The molecule has 4 aromatic rings. The van der Waals surface area contributed by atoms with E-state index in [9.17, 15) is 18.8 Å². The summed E-state index contributed by atoms with van der Waals surface area (Å²) in [5, 5.41) is 3.15. The fraction of sp³-hybridized carbons (Fsp3) is 0.160. The van der Waals surface area contributed by atoms with E-state index >= 15 is 0 Å². The summed E-state index contributed by atoms with van der Waals surface area (Å²) in [6.45, 7) is 0.146. The maximum absolute atomic E-state index is 13.3. The molecular formula is C25H22FN3O3. The third-order valence-electron chi connectivity index (χ3n) is 5.47. The Labute approximate surface area is 183 Å². The highest BCUT2D eigenvalue weighted by atomic mass is 19.1. The van der Waals surface area contributed by atoms with Gasteiger partial charge in [-0.05, 0) is 35.4 Å². The quantitative estimate of drug-likeness (QED) is 0.510. The molecule has 1 aromatic heterocycles. The van der Waals surface area contributed by atoms with E-state index in [1.807, 2.05) is 30.3 Å². The number of nitrogens with one attached hydrogen (secondary N) is 1. The first-order valence-corrected chi connectivity index (χ1v) is 10.2. The Bertz CT molecular complexity index is 1380. The number of benzene rings is 3. The second kappa shape index (κ2) is 9.01. The van der Waals surface area contributed by atoms with Crippen molar-refractivity contribution in [2.45, 2.75) is 19.0 Å². The van der Waals surface area contributed by atoms with Crippen molar-refractivity contribution in [1.29, 1.82) is 0 Å². The van der Waals surface area contributed by atoms with Crippen LogP contribution in [0.4, 0.5) is 4.39 Å². The SMILES string of the molecule is Cn1c(=O)n(C(Cc2ccccc2)C(=O)NCc2ccc(F)cc2)c(=O)c2ccccc21. The number of aryl methyl sites for hydroxylation is 1. The normalized spacial score (nSPS) is 11.9. The maximum Gasteiger partial charge on any atom is 0.331 e. The average molecular weight is 431 g/mol. The molecule has 1 atom stereocenters. The van der Waals surface area contributed by atoms with Crippen molar-refractivity contribution in [3.63, 3.8) is 0 Å². The molecule has 4 rings (SSSR count). The van der Waals surface area contributed by atoms with Crippen molar-refractivity contribution in [3.8, 4) is 0 Å². The van der Waals surface area contributed by atoms with E-state index in [1.165, 1.54) is 16.7 Å². The van der Waals surface area contributed by atoms with Crippen molar-refractivity contribution in [2.24, 2.45) is 7.05 Å². The number of aromatic nitrogens is 2. The Balaban J connectivity index is 1.76. The monoisotopic (exact) mass is 431 g/mol. The van der Waals surface area contributed by atoms with Gasteiger partial charge in [0.25, 0.3) is 5.56 Å². The molecule has 0 spiro atoms. The van der Waals surface area contributed by atoms with Gasteiger partial charge >= 0.3 is 5.69 Å². The molecule has 162 valence electrons. The Kier molecular flexibility index (Phi) is 5.98. The van der Waals surface area contributed by atoms with Crippen LogP contribution < -0.4 is 16.6 Å². The average Bonchev–Trinajstić information content (AvgIpc) is 2.82. The number of amides is 1. The van der Waals surface area contributed by atoms with Crippen LogP contribution in [0.5, 0.6) is 0 Å². The molecule has 1 amide bonds. The van der Waals surface area contributed by atoms with Gasteiger partial charge in [0, 0.05) is 20.0 Å². The first-order chi connectivity index (χ1) is 15.5. The fourth-order valence-corrected chi connectivity index (χ4v) is 3.75. The van der Waals surface area contributed by atoms with Crippen molar-refractivity contribution in [3.05, 3.63) is 117 Å². The molecule has 7 heteroatoms. The van der Waals surface area contributed by atoms with Crippen LogP contribution in [0.25, 0.3) is 10.9 Å². The zero-order chi connectivity index (χ0) is 22.7. The third kappa shape index (κ3) is 4.23. The first kappa shape index (κ1) is 21.2. The van der Waals surface area contributed by atoms with Crippen LogP contribution in [0.2, 0.25) is 0 Å². The minimum Gasteiger partial charge on any atom is -0.350 e. The number of carbonyl (C=O) groups excluding carboxylic acids is 1. The van der Waals surface area contributed by atoms with Gasteiger partial charge in [0.05, 0.1) is 10.9 Å². The number of rotatable bonds is 6. The lowest BCUT2D eigenvalue weighted by Gasteiger charge is -2.20. The van der Waals surface area contributed by atoms with E-state index in [4.69, 9.17) is 0 Å². The predicted molar refractivity (Wildman–Crippen MR) is 121 cm³/mol. The maximum atomic E-state index is 13.3. The van der Waals surface area contributed by atoms with Crippen LogP contribution in [0.15, 0.2) is 88.5 Å². The highest BCUT2D eigenvalue weighted by molar-refractivity contribution is 5.82. The standard InChI is InChI=1S/C25H22FN3O3/c1-28-21-10-6-5-9-20(21)24(31)29(25(28)32)22(15-17-7-3-2-4-8-17)23(30)27-16-18-11-13-19(26)14-12-18/h2-14,22H,15-16H2,1H3,(H,27,30). The molecule has 0 aliphatic rings. The summed E-state index contributed by atoms with van der Waals surface area (Å²) in [7, 11) is 1.58. The second-order valence-electron chi connectivity index (χ2n) is 7.58. The van der Waals surface area contributed by atoms with Gasteiger partial charge in [-0.3, -0.25) is 14.2 Å². The number of hydrogen-bond acceptors (Lipinski definition) is 3. The van der Waals surface area contributed by atoms with Crippen LogP contribution in [0, 0.1) is 5.82 Å². The van der Waals surface area contributed by atoms with Gasteiger partial charge in [0.2, 0.25) is 5.91 Å². The molecule has 32 heavy (non-hydrogen) atoms. The zero-order valence-corrected chi connectivity index (χ0v) is 17.5. The van der Waals surface area contributed by atoms with E-state index in [-0.39, 0.29) is 18.8 Å². The van der Waals surface area contributed by atoms with Crippen LogP contribution in [0.3, 0.4) is 0 Å². The van der Waals surface area contributed by atoms with Crippen molar-refractivity contribution < 1.29 is 9.18 Å². The van der Waals surface area contributed by atoms with Gasteiger partial charge in [0.15, 0.2) is 0 Å². The van der Waals surface area contributed by atoms with Crippen molar-refractivity contribution >= 4 is 16.8 Å². The van der Waals surface area contributed by atoms with Gasteiger partial charge in [-0.25, -0.2) is 13.8 Å². The van der Waals surface area contributed by atoms with Crippen molar-refractivity contribution in [2.75, 3.05) is 0 Å². The molecule has 0 saturated heterocycles. The minimum absolute atomic E-state index is 0.146. The molecule has 3 aromatic carbocycles. The van der Waals surface area contributed by atoms with Crippen LogP contribution in [0.1, 0.15) is 17.2 Å². The van der Waals surface area contributed by atoms with E-state index in [2.05, 4.69) is 5.32 Å². The highest BCUT2D eigenvalue weighted by Crippen LogP contribution is 2.15. The van der Waals surface area contributed by atoms with Gasteiger partial charge in [-0.2, -0.15) is 0 Å². The summed E-state index contributed by atoms with van der Waals surface area (Å²) in [6.07, 6.45) is 0.170. The van der Waals surface area contributed by atoms with Crippen LogP contribution in [-0.2, 0) is 24.8 Å². The second-order valence-corrected chi connectivity index (χ2v) is 7.58. The summed E-state index contributed by atoms with van der Waals surface area (Å²) in [4.78, 5) is 39.7. The number of hydrogen-bond donors (Lipinski definition) is 1. The van der Waals surface area contributed by atoms with Crippen LogP contribution >= 0.6 is 0 Å². The lowest BCUT2D eigenvalue weighted by atomic mass is 10.0. The smallest absolute Gasteiger partial charge is 0.331 e.